The summed E-state index contributed by atoms with van der Waals surface area (Å²) in [5.74, 6) is -0.115. The van der Waals surface area contributed by atoms with Crippen molar-refractivity contribution in [3.63, 3.8) is 0 Å². The highest BCUT2D eigenvalue weighted by Crippen LogP contribution is 2.35. The van der Waals surface area contributed by atoms with Gasteiger partial charge in [-0.15, -0.1) is 11.3 Å². The van der Waals surface area contributed by atoms with Gasteiger partial charge in [-0.2, -0.15) is 0 Å². The molecule has 0 spiro atoms. The summed E-state index contributed by atoms with van der Waals surface area (Å²) in [5.41, 5.74) is 1.00. The molecule has 0 aliphatic carbocycles. The normalized spacial score (nSPS) is 18.6. The fourth-order valence-corrected chi connectivity index (χ4v) is 6.02. The van der Waals surface area contributed by atoms with Crippen LogP contribution in [0.25, 0.3) is 0 Å². The van der Waals surface area contributed by atoms with Crippen LogP contribution in [0.15, 0.2) is 60.0 Å². The summed E-state index contributed by atoms with van der Waals surface area (Å²) in [6.07, 6.45) is 2.26. The quantitative estimate of drug-likeness (QED) is 0.394. The predicted molar refractivity (Wildman–Crippen MR) is 142 cm³/mol. The minimum absolute atomic E-state index is 0.0480. The topological polar surface area (TPSA) is 68.3 Å². The van der Waals surface area contributed by atoms with E-state index in [2.05, 4.69) is 0 Å². The molecule has 2 unspecified atom stereocenters. The molecule has 0 radical (unpaired) electrons. The van der Waals surface area contributed by atoms with Crippen molar-refractivity contribution in [2.24, 2.45) is 0 Å². The van der Waals surface area contributed by atoms with Gasteiger partial charge in [-0.25, -0.2) is 4.39 Å². The van der Waals surface area contributed by atoms with Crippen LogP contribution in [-0.4, -0.2) is 67.7 Å². The van der Waals surface area contributed by atoms with Crippen LogP contribution in [0.2, 0.25) is 0 Å². The van der Waals surface area contributed by atoms with Crippen LogP contribution in [0.1, 0.15) is 39.7 Å². The summed E-state index contributed by atoms with van der Waals surface area (Å²) in [5, 5.41) is 2.03. The molecule has 0 bridgehead atoms. The number of amides is 2. The van der Waals surface area contributed by atoms with Crippen LogP contribution in [0.5, 0.6) is 11.5 Å². The average molecular weight is 539 g/mol. The van der Waals surface area contributed by atoms with Crippen molar-refractivity contribution < 1.29 is 28.2 Å². The number of para-hydroxylation sites is 2. The van der Waals surface area contributed by atoms with Gasteiger partial charge >= 0.3 is 0 Å². The number of carbonyl (C=O) groups excluding carboxylic acids is 2. The van der Waals surface area contributed by atoms with Crippen LogP contribution in [-0.2, 0) is 16.0 Å². The Morgan fingerprint density at radius 1 is 1.13 bits per heavy atom. The molecular weight excluding hydrogens is 507 g/mol. The molecule has 3 heterocycles. The number of halogens is 1. The lowest BCUT2D eigenvalue weighted by molar-refractivity contribution is -0.135. The smallest absolute Gasteiger partial charge is 0.257 e. The first-order valence-corrected chi connectivity index (χ1v) is 13.7. The Bertz CT molecular complexity index is 1280. The molecule has 5 rings (SSSR count). The van der Waals surface area contributed by atoms with Crippen LogP contribution < -0.4 is 9.47 Å². The fraction of sp³-hybridized carbons (Fsp3) is 0.379. The fourth-order valence-electron chi connectivity index (χ4n) is 5.09. The van der Waals surface area contributed by atoms with E-state index in [1.807, 2.05) is 35.7 Å². The average Bonchev–Trinajstić information content (AvgIpc) is 3.63. The van der Waals surface area contributed by atoms with Crippen molar-refractivity contribution >= 4 is 23.2 Å². The van der Waals surface area contributed by atoms with E-state index in [0.717, 1.165) is 24.8 Å². The molecule has 3 aromatic rings. The number of ether oxygens (including phenoxy) is 3. The minimum Gasteiger partial charge on any atom is -0.493 e. The Morgan fingerprint density at radius 3 is 2.68 bits per heavy atom. The number of benzene rings is 2. The largest absolute Gasteiger partial charge is 0.493 e. The number of methoxy groups -OCH3 is 1. The molecule has 1 aromatic heterocycles. The Hall–Kier alpha value is -3.43. The third kappa shape index (κ3) is 5.68. The van der Waals surface area contributed by atoms with Gasteiger partial charge in [0, 0.05) is 24.6 Å². The van der Waals surface area contributed by atoms with E-state index in [9.17, 15) is 14.0 Å². The molecule has 2 atom stereocenters. The number of thiophene rings is 1. The van der Waals surface area contributed by atoms with Crippen LogP contribution in [0.3, 0.4) is 0 Å². The second kappa shape index (κ2) is 12.0. The molecule has 0 N–H and O–H groups in total. The number of hydrogen-bond donors (Lipinski definition) is 0. The molecule has 2 aromatic carbocycles. The zero-order valence-corrected chi connectivity index (χ0v) is 22.1. The second-order valence-electron chi connectivity index (χ2n) is 9.41. The van der Waals surface area contributed by atoms with E-state index in [0.29, 0.717) is 24.7 Å². The highest BCUT2D eigenvalue weighted by molar-refractivity contribution is 7.10. The Morgan fingerprint density at radius 2 is 1.92 bits per heavy atom. The summed E-state index contributed by atoms with van der Waals surface area (Å²) in [6, 6.07) is 15.0. The van der Waals surface area contributed by atoms with E-state index in [4.69, 9.17) is 14.2 Å². The van der Waals surface area contributed by atoms with E-state index in [1.54, 1.807) is 35.5 Å². The second-order valence-corrected chi connectivity index (χ2v) is 10.4. The summed E-state index contributed by atoms with van der Waals surface area (Å²) >= 11 is 1.67. The number of hydrogen-bond acceptors (Lipinski definition) is 6. The monoisotopic (exact) mass is 538 g/mol. The standard InChI is InChI=1S/C29H31FN2O5S/c1-35-25-10-4-5-11-26(25)37-19-24-22-13-16-38-27(22)12-14-32(24)28(33)18-31(17-20-7-6-15-36-20)29(34)21-8-2-3-9-23(21)30/h2-5,8-11,13,16,20,24H,6-7,12,14-15,17-19H2,1H3. The highest BCUT2D eigenvalue weighted by Gasteiger charge is 2.35. The van der Waals surface area contributed by atoms with Gasteiger partial charge in [0.05, 0.1) is 24.8 Å². The highest BCUT2D eigenvalue weighted by atomic mass is 32.1. The molecule has 38 heavy (non-hydrogen) atoms. The number of nitrogens with zero attached hydrogens (tertiary/aromatic N) is 2. The molecule has 7 nitrogen and oxygen atoms in total. The van der Waals surface area contributed by atoms with E-state index in [1.165, 1.54) is 21.9 Å². The van der Waals surface area contributed by atoms with Gasteiger partial charge in [0.15, 0.2) is 11.5 Å². The van der Waals surface area contributed by atoms with Crippen molar-refractivity contribution in [2.45, 2.75) is 31.4 Å². The molecule has 0 saturated carbocycles. The predicted octanol–water partition coefficient (Wildman–Crippen LogP) is 4.72. The van der Waals surface area contributed by atoms with Crippen LogP contribution in [0.4, 0.5) is 4.39 Å². The van der Waals surface area contributed by atoms with Gasteiger partial charge in [0.1, 0.15) is 19.0 Å². The molecule has 200 valence electrons. The first-order valence-electron chi connectivity index (χ1n) is 12.8. The van der Waals surface area contributed by atoms with Crippen LogP contribution in [0, 0.1) is 5.82 Å². The molecule has 9 heteroatoms. The molecule has 1 fully saturated rings. The summed E-state index contributed by atoms with van der Waals surface area (Å²) in [7, 11) is 1.59. The summed E-state index contributed by atoms with van der Waals surface area (Å²) in [6.45, 7) is 1.43. The third-order valence-corrected chi connectivity index (χ3v) is 8.04. The first-order chi connectivity index (χ1) is 18.5. The van der Waals surface area contributed by atoms with Gasteiger partial charge < -0.3 is 24.0 Å². The number of fused-ring (bicyclic) bond motifs is 1. The van der Waals surface area contributed by atoms with Crippen molar-refractivity contribution in [1.29, 1.82) is 0 Å². The summed E-state index contributed by atoms with van der Waals surface area (Å²) < 4.78 is 31.8. The first kappa shape index (κ1) is 26.2. The maximum absolute atomic E-state index is 14.5. The maximum atomic E-state index is 14.5. The van der Waals surface area contributed by atoms with Crippen molar-refractivity contribution in [2.75, 3.05) is 40.0 Å². The summed E-state index contributed by atoms with van der Waals surface area (Å²) in [4.78, 5) is 31.6. The molecule has 2 aliphatic heterocycles. The van der Waals surface area contributed by atoms with Gasteiger partial charge in [0.25, 0.3) is 5.91 Å². The molecular formula is C29H31FN2O5S. The van der Waals surface area contributed by atoms with Crippen molar-refractivity contribution in [3.8, 4) is 11.5 Å². The Labute approximate surface area is 225 Å². The van der Waals surface area contributed by atoms with Crippen LogP contribution >= 0.6 is 11.3 Å². The minimum atomic E-state index is -0.605. The van der Waals surface area contributed by atoms with Gasteiger partial charge in [0.2, 0.25) is 5.91 Å². The SMILES string of the molecule is COc1ccccc1OCC1c2ccsc2CCN1C(=O)CN(CC1CCCO1)C(=O)c1ccccc1F. The number of carbonyl (C=O) groups is 2. The Balaban J connectivity index is 1.37. The lowest BCUT2D eigenvalue weighted by Crippen LogP contribution is -2.49. The van der Waals surface area contributed by atoms with Gasteiger partial charge in [-0.1, -0.05) is 24.3 Å². The van der Waals surface area contributed by atoms with Crippen molar-refractivity contribution in [3.05, 3.63) is 81.8 Å². The zero-order valence-electron chi connectivity index (χ0n) is 21.3. The third-order valence-electron chi connectivity index (χ3n) is 7.05. The van der Waals surface area contributed by atoms with E-state index < -0.39 is 11.7 Å². The lowest BCUT2D eigenvalue weighted by Gasteiger charge is -2.37. The Kier molecular flexibility index (Phi) is 8.24. The van der Waals surface area contributed by atoms with E-state index >= 15 is 0 Å². The number of rotatable bonds is 9. The van der Waals surface area contributed by atoms with Gasteiger partial charge in [-0.3, -0.25) is 9.59 Å². The molecule has 2 amide bonds. The van der Waals surface area contributed by atoms with E-state index in [-0.39, 0.29) is 43.3 Å². The lowest BCUT2D eigenvalue weighted by atomic mass is 10.00. The van der Waals surface area contributed by atoms with Crippen molar-refractivity contribution in [1.82, 2.24) is 9.80 Å². The molecule has 1 saturated heterocycles. The van der Waals surface area contributed by atoms with Gasteiger partial charge in [-0.05, 0) is 60.5 Å². The zero-order chi connectivity index (χ0) is 26.5. The molecule has 2 aliphatic rings. The maximum Gasteiger partial charge on any atom is 0.257 e.